The van der Waals surface area contributed by atoms with Crippen LogP contribution in [0.25, 0.3) is 0 Å². The summed E-state index contributed by atoms with van der Waals surface area (Å²) >= 11 is 0. The van der Waals surface area contributed by atoms with Gasteiger partial charge in [-0.2, -0.15) is 0 Å². The summed E-state index contributed by atoms with van der Waals surface area (Å²) in [5.41, 5.74) is 8.11. The lowest BCUT2D eigenvalue weighted by molar-refractivity contribution is -0.120. The molecule has 0 radical (unpaired) electrons. The molecular formula is C13H19N3O. The number of nitrogens with zero attached hydrogens (tertiary/aromatic N) is 1. The molecule has 0 unspecified atom stereocenters. The topological polar surface area (TPSA) is 58.4 Å². The molecule has 3 N–H and O–H groups in total. The predicted molar refractivity (Wildman–Crippen MR) is 68.9 cm³/mol. The van der Waals surface area contributed by atoms with Crippen LogP contribution in [0.3, 0.4) is 0 Å². The van der Waals surface area contributed by atoms with Crippen LogP contribution >= 0.6 is 0 Å². The average Bonchev–Trinajstić information content (AvgIpc) is 2.54. The fraction of sp³-hybridized carbons (Fsp3) is 0.462. The van der Waals surface area contributed by atoms with E-state index in [0.29, 0.717) is 13.0 Å². The minimum absolute atomic E-state index is 0.0661. The first-order chi connectivity index (χ1) is 8.16. The zero-order valence-electron chi connectivity index (χ0n) is 10.1. The standard InChI is InChI=1S/C13H19N3O/c1-10(14)11-2-4-12(5-3-11)16-8-6-13(17)15-7-9-16/h2-5,10H,6-9,14H2,1H3,(H,15,17)/t10-/m0/s1. The Morgan fingerprint density at radius 2 is 2.00 bits per heavy atom. The molecule has 0 aromatic heterocycles. The van der Waals surface area contributed by atoms with Gasteiger partial charge in [0.2, 0.25) is 5.91 Å². The maximum absolute atomic E-state index is 11.2. The Bertz CT molecular complexity index is 386. The Morgan fingerprint density at radius 1 is 1.29 bits per heavy atom. The Kier molecular flexibility index (Phi) is 3.64. The van der Waals surface area contributed by atoms with E-state index in [1.165, 1.54) is 0 Å². The molecule has 1 heterocycles. The molecule has 4 nitrogen and oxygen atoms in total. The molecular weight excluding hydrogens is 214 g/mol. The molecule has 0 saturated carbocycles. The SMILES string of the molecule is C[C@H](N)c1ccc(N2CCNC(=O)CC2)cc1. The van der Waals surface area contributed by atoms with Crippen molar-refractivity contribution in [2.75, 3.05) is 24.5 Å². The highest BCUT2D eigenvalue weighted by Gasteiger charge is 2.13. The van der Waals surface area contributed by atoms with Crippen molar-refractivity contribution >= 4 is 11.6 Å². The van der Waals surface area contributed by atoms with E-state index in [-0.39, 0.29) is 11.9 Å². The smallest absolute Gasteiger partial charge is 0.221 e. The molecule has 1 aliphatic rings. The van der Waals surface area contributed by atoms with E-state index in [9.17, 15) is 4.79 Å². The highest BCUT2D eigenvalue weighted by atomic mass is 16.1. The summed E-state index contributed by atoms with van der Waals surface area (Å²) in [4.78, 5) is 13.5. The first-order valence-electron chi connectivity index (χ1n) is 6.04. The van der Waals surface area contributed by atoms with Crippen molar-refractivity contribution in [2.45, 2.75) is 19.4 Å². The lowest BCUT2D eigenvalue weighted by Gasteiger charge is -2.22. The third-order valence-electron chi connectivity index (χ3n) is 3.10. The van der Waals surface area contributed by atoms with Crippen LogP contribution in [0.15, 0.2) is 24.3 Å². The first kappa shape index (κ1) is 11.9. The third-order valence-corrected chi connectivity index (χ3v) is 3.10. The number of amides is 1. The molecule has 2 rings (SSSR count). The first-order valence-corrected chi connectivity index (χ1v) is 6.04. The molecule has 1 saturated heterocycles. The van der Waals surface area contributed by atoms with Gasteiger partial charge in [-0.3, -0.25) is 4.79 Å². The van der Waals surface area contributed by atoms with Crippen molar-refractivity contribution < 1.29 is 4.79 Å². The molecule has 1 atom stereocenters. The number of nitrogens with two attached hydrogens (primary N) is 1. The number of rotatable bonds is 2. The molecule has 1 amide bonds. The largest absolute Gasteiger partial charge is 0.369 e. The monoisotopic (exact) mass is 233 g/mol. The molecule has 0 aliphatic carbocycles. The van der Waals surface area contributed by atoms with E-state index in [1.807, 2.05) is 6.92 Å². The Balaban J connectivity index is 2.08. The molecule has 0 spiro atoms. The third kappa shape index (κ3) is 2.97. The molecule has 1 aromatic carbocycles. The summed E-state index contributed by atoms with van der Waals surface area (Å²) in [7, 11) is 0. The fourth-order valence-electron chi connectivity index (χ4n) is 2.01. The van der Waals surface area contributed by atoms with Crippen molar-refractivity contribution in [2.24, 2.45) is 5.73 Å². The average molecular weight is 233 g/mol. The summed E-state index contributed by atoms with van der Waals surface area (Å²) in [6.07, 6.45) is 0.565. The van der Waals surface area contributed by atoms with Crippen molar-refractivity contribution in [3.63, 3.8) is 0 Å². The van der Waals surface area contributed by atoms with Gasteiger partial charge in [0, 0.05) is 37.8 Å². The van der Waals surface area contributed by atoms with Gasteiger partial charge in [-0.25, -0.2) is 0 Å². The van der Waals surface area contributed by atoms with Gasteiger partial charge in [0.25, 0.3) is 0 Å². The summed E-state index contributed by atoms with van der Waals surface area (Å²) in [5.74, 6) is 0.139. The second-order valence-electron chi connectivity index (χ2n) is 4.47. The van der Waals surface area contributed by atoms with Crippen LogP contribution in [-0.2, 0) is 4.79 Å². The normalized spacial score (nSPS) is 18.5. The number of hydrogen-bond acceptors (Lipinski definition) is 3. The minimum Gasteiger partial charge on any atom is -0.369 e. The Labute approximate surface area is 102 Å². The summed E-state index contributed by atoms with van der Waals surface area (Å²) in [5, 5.41) is 2.87. The van der Waals surface area contributed by atoms with Gasteiger partial charge in [-0.15, -0.1) is 0 Å². The van der Waals surface area contributed by atoms with E-state index in [0.717, 1.165) is 24.3 Å². The Hall–Kier alpha value is -1.55. The number of anilines is 1. The molecule has 0 bridgehead atoms. The van der Waals surface area contributed by atoms with E-state index < -0.39 is 0 Å². The number of benzene rings is 1. The number of nitrogens with one attached hydrogen (secondary N) is 1. The van der Waals surface area contributed by atoms with Crippen LogP contribution in [0.4, 0.5) is 5.69 Å². The zero-order chi connectivity index (χ0) is 12.3. The summed E-state index contributed by atoms with van der Waals surface area (Å²) < 4.78 is 0. The number of hydrogen-bond donors (Lipinski definition) is 2. The molecule has 17 heavy (non-hydrogen) atoms. The summed E-state index contributed by atoms with van der Waals surface area (Å²) in [6.45, 7) is 4.34. The summed E-state index contributed by atoms with van der Waals surface area (Å²) in [6, 6.07) is 8.33. The quantitative estimate of drug-likeness (QED) is 0.802. The molecule has 1 aromatic rings. The van der Waals surface area contributed by atoms with Gasteiger partial charge in [0.05, 0.1) is 0 Å². The van der Waals surface area contributed by atoms with Crippen LogP contribution in [-0.4, -0.2) is 25.5 Å². The van der Waals surface area contributed by atoms with Gasteiger partial charge in [-0.1, -0.05) is 12.1 Å². The van der Waals surface area contributed by atoms with Crippen molar-refractivity contribution in [3.8, 4) is 0 Å². The van der Waals surface area contributed by atoms with Crippen molar-refractivity contribution in [1.29, 1.82) is 0 Å². The second-order valence-corrected chi connectivity index (χ2v) is 4.47. The van der Waals surface area contributed by atoms with E-state index >= 15 is 0 Å². The van der Waals surface area contributed by atoms with Crippen LogP contribution in [0.2, 0.25) is 0 Å². The van der Waals surface area contributed by atoms with E-state index in [2.05, 4.69) is 34.5 Å². The zero-order valence-corrected chi connectivity index (χ0v) is 10.1. The van der Waals surface area contributed by atoms with Gasteiger partial charge in [0.1, 0.15) is 0 Å². The highest BCUT2D eigenvalue weighted by Crippen LogP contribution is 2.18. The van der Waals surface area contributed by atoms with Gasteiger partial charge < -0.3 is 16.0 Å². The lowest BCUT2D eigenvalue weighted by Crippen LogP contribution is -2.28. The van der Waals surface area contributed by atoms with Crippen LogP contribution in [0.1, 0.15) is 24.9 Å². The van der Waals surface area contributed by atoms with Crippen molar-refractivity contribution in [3.05, 3.63) is 29.8 Å². The van der Waals surface area contributed by atoms with E-state index in [4.69, 9.17) is 5.73 Å². The highest BCUT2D eigenvalue weighted by molar-refractivity contribution is 5.77. The van der Waals surface area contributed by atoms with Gasteiger partial charge in [-0.05, 0) is 24.6 Å². The molecule has 1 aliphatic heterocycles. The molecule has 1 fully saturated rings. The van der Waals surface area contributed by atoms with Crippen LogP contribution in [0.5, 0.6) is 0 Å². The maximum Gasteiger partial charge on any atom is 0.221 e. The molecule has 92 valence electrons. The molecule has 4 heteroatoms. The van der Waals surface area contributed by atoms with Gasteiger partial charge in [0.15, 0.2) is 0 Å². The fourth-order valence-corrected chi connectivity index (χ4v) is 2.01. The van der Waals surface area contributed by atoms with Gasteiger partial charge >= 0.3 is 0 Å². The lowest BCUT2D eigenvalue weighted by atomic mass is 10.1. The van der Waals surface area contributed by atoms with E-state index in [1.54, 1.807) is 0 Å². The predicted octanol–water partition coefficient (Wildman–Crippen LogP) is 1.03. The maximum atomic E-state index is 11.2. The van der Waals surface area contributed by atoms with Crippen LogP contribution < -0.4 is 16.0 Å². The Morgan fingerprint density at radius 3 is 2.65 bits per heavy atom. The van der Waals surface area contributed by atoms with Crippen molar-refractivity contribution in [1.82, 2.24) is 5.32 Å². The number of carbonyl (C=O) groups is 1. The van der Waals surface area contributed by atoms with Crippen LogP contribution in [0, 0.1) is 0 Å². The minimum atomic E-state index is 0.0661. The number of carbonyl (C=O) groups excluding carboxylic acids is 1. The second kappa shape index (κ2) is 5.19.